The first-order chi connectivity index (χ1) is 14.2. The SMILES string of the molecule is CCCCCCCCC1CCC(c2ccc(C#Cc3ccc(F)cc3)cc2)CC1. The number of benzene rings is 2. The third-order valence-corrected chi connectivity index (χ3v) is 6.39. The summed E-state index contributed by atoms with van der Waals surface area (Å²) < 4.78 is 13.0. The summed E-state index contributed by atoms with van der Waals surface area (Å²) in [6, 6.07) is 15.1. The molecule has 0 bridgehead atoms. The van der Waals surface area contributed by atoms with Crippen LogP contribution in [0.2, 0.25) is 0 Å². The number of rotatable bonds is 8. The molecule has 0 nitrogen and oxygen atoms in total. The summed E-state index contributed by atoms with van der Waals surface area (Å²) in [6.45, 7) is 2.29. The minimum absolute atomic E-state index is 0.221. The molecule has 154 valence electrons. The van der Waals surface area contributed by atoms with Crippen molar-refractivity contribution in [2.45, 2.75) is 83.5 Å². The molecule has 0 radical (unpaired) electrons. The molecule has 1 aliphatic carbocycles. The standard InChI is InChI=1S/C28H35F/c1-2-3-4-5-6-7-8-23-11-17-26(18-12-23)27-19-13-24(14-20-27)9-10-25-15-21-28(29)22-16-25/h13-16,19-23,26H,2-8,11-12,17-18H2,1H3. The molecule has 1 aliphatic rings. The lowest BCUT2D eigenvalue weighted by Gasteiger charge is -2.29. The molecule has 0 atom stereocenters. The molecule has 29 heavy (non-hydrogen) atoms. The van der Waals surface area contributed by atoms with E-state index >= 15 is 0 Å². The fraction of sp³-hybridized carbons (Fsp3) is 0.500. The fourth-order valence-corrected chi connectivity index (χ4v) is 4.51. The Kier molecular flexibility index (Phi) is 8.82. The van der Waals surface area contributed by atoms with Crippen molar-refractivity contribution < 1.29 is 4.39 Å². The van der Waals surface area contributed by atoms with Crippen molar-refractivity contribution in [1.82, 2.24) is 0 Å². The Morgan fingerprint density at radius 1 is 0.724 bits per heavy atom. The third kappa shape index (κ3) is 7.36. The summed E-state index contributed by atoms with van der Waals surface area (Å²) in [5.74, 6) is 7.75. The molecular formula is C28H35F. The Morgan fingerprint density at radius 2 is 1.28 bits per heavy atom. The highest BCUT2D eigenvalue weighted by atomic mass is 19.1. The van der Waals surface area contributed by atoms with Crippen LogP contribution in [-0.2, 0) is 0 Å². The van der Waals surface area contributed by atoms with Gasteiger partial charge in [-0.05, 0) is 79.5 Å². The largest absolute Gasteiger partial charge is 0.207 e. The van der Waals surface area contributed by atoms with Crippen molar-refractivity contribution in [2.24, 2.45) is 5.92 Å². The van der Waals surface area contributed by atoms with E-state index < -0.39 is 0 Å². The van der Waals surface area contributed by atoms with E-state index in [0.717, 1.165) is 23.0 Å². The second-order valence-electron chi connectivity index (χ2n) is 8.65. The fourth-order valence-electron chi connectivity index (χ4n) is 4.51. The summed E-state index contributed by atoms with van der Waals surface area (Å²) in [5.41, 5.74) is 3.34. The Bertz CT molecular complexity index is 768. The first-order valence-electron chi connectivity index (χ1n) is 11.6. The minimum Gasteiger partial charge on any atom is -0.207 e. The van der Waals surface area contributed by atoms with Gasteiger partial charge < -0.3 is 0 Å². The average molecular weight is 391 g/mol. The van der Waals surface area contributed by atoms with E-state index in [1.165, 1.54) is 88.3 Å². The molecule has 0 unspecified atom stereocenters. The number of hydrogen-bond donors (Lipinski definition) is 0. The van der Waals surface area contributed by atoms with Crippen LogP contribution in [0, 0.1) is 23.6 Å². The van der Waals surface area contributed by atoms with Crippen LogP contribution in [0.25, 0.3) is 0 Å². The highest BCUT2D eigenvalue weighted by Gasteiger charge is 2.21. The summed E-state index contributed by atoms with van der Waals surface area (Å²) in [6.07, 6.45) is 15.4. The molecule has 0 saturated heterocycles. The van der Waals surface area contributed by atoms with Crippen LogP contribution in [0.3, 0.4) is 0 Å². The predicted octanol–water partition coefficient (Wildman–Crippen LogP) is 8.25. The molecule has 1 heteroatoms. The number of halogens is 1. The summed E-state index contributed by atoms with van der Waals surface area (Å²) in [5, 5.41) is 0. The zero-order valence-corrected chi connectivity index (χ0v) is 17.9. The molecule has 0 spiro atoms. The second kappa shape index (κ2) is 11.8. The third-order valence-electron chi connectivity index (χ3n) is 6.39. The monoisotopic (exact) mass is 390 g/mol. The predicted molar refractivity (Wildman–Crippen MR) is 122 cm³/mol. The van der Waals surface area contributed by atoms with Crippen LogP contribution in [0.1, 0.15) is 100 Å². The van der Waals surface area contributed by atoms with Gasteiger partial charge in [-0.1, -0.05) is 75.8 Å². The zero-order chi connectivity index (χ0) is 20.3. The van der Waals surface area contributed by atoms with Gasteiger partial charge in [0.05, 0.1) is 0 Å². The van der Waals surface area contributed by atoms with Crippen LogP contribution in [-0.4, -0.2) is 0 Å². The Balaban J connectivity index is 1.41. The smallest absolute Gasteiger partial charge is 0.123 e. The van der Waals surface area contributed by atoms with Crippen LogP contribution in [0.5, 0.6) is 0 Å². The first kappa shape index (κ1) is 21.6. The van der Waals surface area contributed by atoms with Gasteiger partial charge in [0, 0.05) is 11.1 Å². The van der Waals surface area contributed by atoms with E-state index in [9.17, 15) is 4.39 Å². The highest BCUT2D eigenvalue weighted by Crippen LogP contribution is 2.37. The maximum Gasteiger partial charge on any atom is 0.123 e. The Morgan fingerprint density at radius 3 is 1.90 bits per heavy atom. The topological polar surface area (TPSA) is 0 Å². The molecule has 1 fully saturated rings. The molecule has 0 aliphatic heterocycles. The van der Waals surface area contributed by atoms with Gasteiger partial charge in [0.25, 0.3) is 0 Å². The van der Waals surface area contributed by atoms with Crippen molar-refractivity contribution in [3.05, 3.63) is 71.0 Å². The van der Waals surface area contributed by atoms with Gasteiger partial charge >= 0.3 is 0 Å². The number of hydrogen-bond acceptors (Lipinski definition) is 0. The molecule has 2 aromatic rings. The Labute approximate surface area is 176 Å². The highest BCUT2D eigenvalue weighted by molar-refractivity contribution is 5.43. The molecule has 0 aromatic heterocycles. The van der Waals surface area contributed by atoms with Crippen LogP contribution < -0.4 is 0 Å². The first-order valence-corrected chi connectivity index (χ1v) is 11.6. The van der Waals surface area contributed by atoms with Crippen LogP contribution in [0.4, 0.5) is 4.39 Å². The van der Waals surface area contributed by atoms with Crippen molar-refractivity contribution in [2.75, 3.05) is 0 Å². The van der Waals surface area contributed by atoms with E-state index in [4.69, 9.17) is 0 Å². The molecule has 0 amide bonds. The van der Waals surface area contributed by atoms with Gasteiger partial charge in [-0.25, -0.2) is 4.39 Å². The van der Waals surface area contributed by atoms with E-state index in [1.54, 1.807) is 12.1 Å². The lowest BCUT2D eigenvalue weighted by molar-refractivity contribution is 0.302. The van der Waals surface area contributed by atoms with Gasteiger partial charge in [-0.3, -0.25) is 0 Å². The van der Waals surface area contributed by atoms with E-state index in [1.807, 2.05) is 0 Å². The maximum absolute atomic E-state index is 13.0. The lowest BCUT2D eigenvalue weighted by Crippen LogP contribution is -2.13. The van der Waals surface area contributed by atoms with Gasteiger partial charge in [0.2, 0.25) is 0 Å². The van der Waals surface area contributed by atoms with E-state index in [2.05, 4.69) is 43.0 Å². The average Bonchev–Trinajstić information content (AvgIpc) is 2.77. The minimum atomic E-state index is -0.221. The molecule has 1 saturated carbocycles. The van der Waals surface area contributed by atoms with Crippen molar-refractivity contribution in [1.29, 1.82) is 0 Å². The van der Waals surface area contributed by atoms with Gasteiger partial charge in [0.15, 0.2) is 0 Å². The summed E-state index contributed by atoms with van der Waals surface area (Å²) in [4.78, 5) is 0. The van der Waals surface area contributed by atoms with E-state index in [-0.39, 0.29) is 5.82 Å². The second-order valence-corrected chi connectivity index (χ2v) is 8.65. The maximum atomic E-state index is 13.0. The van der Waals surface area contributed by atoms with Gasteiger partial charge in [-0.2, -0.15) is 0 Å². The molecule has 2 aromatic carbocycles. The van der Waals surface area contributed by atoms with Gasteiger partial charge in [-0.15, -0.1) is 0 Å². The molecular weight excluding hydrogens is 355 g/mol. The van der Waals surface area contributed by atoms with Crippen LogP contribution in [0.15, 0.2) is 48.5 Å². The van der Waals surface area contributed by atoms with E-state index in [0.29, 0.717) is 0 Å². The number of unbranched alkanes of at least 4 members (excludes halogenated alkanes) is 5. The quantitative estimate of drug-likeness (QED) is 0.314. The summed E-state index contributed by atoms with van der Waals surface area (Å²) in [7, 11) is 0. The van der Waals surface area contributed by atoms with Gasteiger partial charge in [0.1, 0.15) is 5.82 Å². The van der Waals surface area contributed by atoms with Crippen molar-refractivity contribution in [3.63, 3.8) is 0 Å². The normalized spacial score (nSPS) is 18.8. The Hall–Kier alpha value is -2.07. The lowest BCUT2D eigenvalue weighted by atomic mass is 9.77. The molecule has 0 N–H and O–H groups in total. The van der Waals surface area contributed by atoms with Crippen molar-refractivity contribution >= 4 is 0 Å². The molecule has 0 heterocycles. The molecule has 3 rings (SSSR count). The van der Waals surface area contributed by atoms with Crippen molar-refractivity contribution in [3.8, 4) is 11.8 Å². The summed E-state index contributed by atoms with van der Waals surface area (Å²) >= 11 is 0. The van der Waals surface area contributed by atoms with Crippen LogP contribution >= 0.6 is 0 Å². The zero-order valence-electron chi connectivity index (χ0n) is 17.9.